The lowest BCUT2D eigenvalue weighted by Gasteiger charge is -2.06. The van der Waals surface area contributed by atoms with Crippen LogP contribution in [0.1, 0.15) is 21.6 Å². The number of carbonyl (C=O) groups is 1. The largest absolute Gasteiger partial charge is 0.292 e. The first-order chi connectivity index (χ1) is 8.08. The maximum atomic E-state index is 12.1. The molecule has 0 amide bonds. The number of rotatable bonds is 3. The molecule has 2 aromatic rings. The van der Waals surface area contributed by atoms with E-state index in [0.717, 1.165) is 15.6 Å². The first kappa shape index (κ1) is 12.0. The van der Waals surface area contributed by atoms with Gasteiger partial charge in [-0.1, -0.05) is 22.0 Å². The highest BCUT2D eigenvalue weighted by atomic mass is 79.9. The summed E-state index contributed by atoms with van der Waals surface area (Å²) in [4.78, 5) is 12.1. The van der Waals surface area contributed by atoms with Crippen molar-refractivity contribution in [1.82, 2.24) is 9.78 Å². The van der Waals surface area contributed by atoms with E-state index in [9.17, 15) is 4.79 Å². The van der Waals surface area contributed by atoms with Crippen molar-refractivity contribution in [2.45, 2.75) is 13.3 Å². The van der Waals surface area contributed by atoms with Crippen LogP contribution in [0.5, 0.6) is 0 Å². The zero-order valence-electron chi connectivity index (χ0n) is 9.77. The molecule has 0 N–H and O–H groups in total. The van der Waals surface area contributed by atoms with E-state index in [4.69, 9.17) is 0 Å². The number of carbonyl (C=O) groups excluding carboxylic acids is 1. The number of benzene rings is 1. The Hall–Kier alpha value is -1.42. The Kier molecular flexibility index (Phi) is 3.43. The van der Waals surface area contributed by atoms with Gasteiger partial charge >= 0.3 is 0 Å². The highest BCUT2D eigenvalue weighted by Gasteiger charge is 2.12. The zero-order valence-corrected chi connectivity index (χ0v) is 11.4. The molecule has 0 atom stereocenters. The fourth-order valence-corrected chi connectivity index (χ4v) is 2.24. The summed E-state index contributed by atoms with van der Waals surface area (Å²) in [6.45, 7) is 2.01. The first-order valence-electron chi connectivity index (χ1n) is 5.34. The van der Waals surface area contributed by atoms with Crippen molar-refractivity contribution in [3.05, 3.63) is 51.8 Å². The van der Waals surface area contributed by atoms with Crippen LogP contribution in [-0.2, 0) is 13.5 Å². The molecule has 0 saturated carbocycles. The van der Waals surface area contributed by atoms with Crippen molar-refractivity contribution in [3.8, 4) is 0 Å². The third-order valence-electron chi connectivity index (χ3n) is 2.76. The van der Waals surface area contributed by atoms with Crippen molar-refractivity contribution in [2.24, 2.45) is 7.05 Å². The third-order valence-corrected chi connectivity index (χ3v) is 3.26. The van der Waals surface area contributed by atoms with E-state index in [1.807, 2.05) is 25.1 Å². The minimum absolute atomic E-state index is 0.0930. The summed E-state index contributed by atoms with van der Waals surface area (Å²) in [5.41, 5.74) is 2.82. The molecule has 3 nitrogen and oxygen atoms in total. The van der Waals surface area contributed by atoms with Crippen molar-refractivity contribution in [1.29, 1.82) is 0 Å². The van der Waals surface area contributed by atoms with Crippen LogP contribution in [0.2, 0.25) is 0 Å². The predicted octanol–water partition coefficient (Wildman–Crippen LogP) is 2.92. The molecule has 0 unspecified atom stereocenters. The average molecular weight is 293 g/mol. The lowest BCUT2D eigenvalue weighted by Crippen LogP contribution is -2.10. The van der Waals surface area contributed by atoms with E-state index in [1.165, 1.54) is 0 Å². The number of ketones is 1. The van der Waals surface area contributed by atoms with Gasteiger partial charge in [0.1, 0.15) is 5.69 Å². The first-order valence-corrected chi connectivity index (χ1v) is 6.13. The van der Waals surface area contributed by atoms with Gasteiger partial charge in [-0.15, -0.1) is 0 Å². The Morgan fingerprint density at radius 2 is 2.18 bits per heavy atom. The van der Waals surface area contributed by atoms with Crippen LogP contribution >= 0.6 is 15.9 Å². The number of aryl methyl sites for hydroxylation is 2. The molecule has 0 aliphatic rings. The normalized spacial score (nSPS) is 10.5. The fraction of sp³-hybridized carbons (Fsp3) is 0.231. The summed E-state index contributed by atoms with van der Waals surface area (Å²) in [7, 11) is 1.78. The molecule has 0 bridgehead atoms. The molecular formula is C13H13BrN2O. The molecule has 0 aliphatic carbocycles. The quantitative estimate of drug-likeness (QED) is 0.816. The molecule has 88 valence electrons. The fourth-order valence-electron chi connectivity index (χ4n) is 1.77. The van der Waals surface area contributed by atoms with Gasteiger partial charge in [0.2, 0.25) is 0 Å². The molecule has 1 aromatic heterocycles. The molecule has 17 heavy (non-hydrogen) atoms. The number of nitrogens with zero attached hydrogens (tertiary/aromatic N) is 2. The number of aromatic nitrogens is 2. The second-order valence-electron chi connectivity index (χ2n) is 4.01. The summed E-state index contributed by atoms with van der Waals surface area (Å²) in [5, 5.41) is 4.00. The van der Waals surface area contributed by atoms with Gasteiger partial charge in [-0.25, -0.2) is 0 Å². The third kappa shape index (κ3) is 2.64. The standard InChI is InChI=1S/C13H13BrN2O/c1-9-7-11(14)4-3-10(9)8-13(17)12-5-6-15-16(12)2/h3-7H,8H2,1-2H3. The van der Waals surface area contributed by atoms with E-state index in [-0.39, 0.29) is 5.78 Å². The zero-order chi connectivity index (χ0) is 12.4. The van der Waals surface area contributed by atoms with Crippen LogP contribution in [0.15, 0.2) is 34.9 Å². The molecule has 2 rings (SSSR count). The summed E-state index contributed by atoms with van der Waals surface area (Å²) >= 11 is 3.41. The molecule has 0 radical (unpaired) electrons. The van der Waals surface area contributed by atoms with E-state index in [1.54, 1.807) is 24.0 Å². The Bertz CT molecular complexity index is 560. The van der Waals surface area contributed by atoms with Crippen LogP contribution < -0.4 is 0 Å². The SMILES string of the molecule is Cc1cc(Br)ccc1CC(=O)c1ccnn1C. The predicted molar refractivity (Wildman–Crippen MR) is 70.1 cm³/mol. The Balaban J connectivity index is 2.22. The van der Waals surface area contributed by atoms with Crippen molar-refractivity contribution in [3.63, 3.8) is 0 Å². The van der Waals surface area contributed by atoms with Gasteiger partial charge in [0, 0.05) is 24.1 Å². The maximum Gasteiger partial charge on any atom is 0.185 e. The molecule has 0 saturated heterocycles. The van der Waals surface area contributed by atoms with E-state index in [2.05, 4.69) is 21.0 Å². The number of halogens is 1. The van der Waals surface area contributed by atoms with Gasteiger partial charge in [-0.3, -0.25) is 9.48 Å². The van der Waals surface area contributed by atoms with E-state index < -0.39 is 0 Å². The van der Waals surface area contributed by atoms with Crippen LogP contribution in [0, 0.1) is 6.92 Å². The lowest BCUT2D eigenvalue weighted by atomic mass is 10.0. The van der Waals surface area contributed by atoms with Crippen LogP contribution in [-0.4, -0.2) is 15.6 Å². The Labute approximate surface area is 109 Å². The van der Waals surface area contributed by atoms with Gasteiger partial charge in [0.15, 0.2) is 5.78 Å². The summed E-state index contributed by atoms with van der Waals surface area (Å²) in [5.74, 6) is 0.0930. The number of hydrogen-bond donors (Lipinski definition) is 0. The molecule has 0 aliphatic heterocycles. The van der Waals surface area contributed by atoms with Crippen molar-refractivity contribution < 1.29 is 4.79 Å². The second-order valence-corrected chi connectivity index (χ2v) is 4.93. The topological polar surface area (TPSA) is 34.9 Å². The molecule has 1 aromatic carbocycles. The van der Waals surface area contributed by atoms with Gasteiger partial charge in [-0.2, -0.15) is 5.10 Å². The highest BCUT2D eigenvalue weighted by Crippen LogP contribution is 2.17. The van der Waals surface area contributed by atoms with Gasteiger partial charge in [-0.05, 0) is 36.2 Å². The highest BCUT2D eigenvalue weighted by molar-refractivity contribution is 9.10. The van der Waals surface area contributed by atoms with Crippen molar-refractivity contribution >= 4 is 21.7 Å². The molecule has 0 fully saturated rings. The van der Waals surface area contributed by atoms with Crippen LogP contribution in [0.25, 0.3) is 0 Å². The van der Waals surface area contributed by atoms with Gasteiger partial charge in [0.05, 0.1) is 0 Å². The smallest absolute Gasteiger partial charge is 0.185 e. The second kappa shape index (κ2) is 4.84. The minimum atomic E-state index is 0.0930. The molecule has 0 spiro atoms. The summed E-state index contributed by atoms with van der Waals surface area (Å²) in [6.07, 6.45) is 2.06. The minimum Gasteiger partial charge on any atom is -0.292 e. The Morgan fingerprint density at radius 3 is 2.76 bits per heavy atom. The van der Waals surface area contributed by atoms with Gasteiger partial charge in [0.25, 0.3) is 0 Å². The Morgan fingerprint density at radius 1 is 1.41 bits per heavy atom. The lowest BCUT2D eigenvalue weighted by molar-refractivity contribution is 0.0984. The number of hydrogen-bond acceptors (Lipinski definition) is 2. The van der Waals surface area contributed by atoms with Crippen LogP contribution in [0.3, 0.4) is 0 Å². The number of Topliss-reactive ketones (excluding diaryl/α,β-unsaturated/α-hetero) is 1. The van der Waals surface area contributed by atoms with Crippen molar-refractivity contribution in [2.75, 3.05) is 0 Å². The van der Waals surface area contributed by atoms with E-state index in [0.29, 0.717) is 12.1 Å². The monoisotopic (exact) mass is 292 g/mol. The maximum absolute atomic E-state index is 12.1. The molecular weight excluding hydrogens is 280 g/mol. The molecule has 1 heterocycles. The van der Waals surface area contributed by atoms with Crippen LogP contribution in [0.4, 0.5) is 0 Å². The molecule has 4 heteroatoms. The average Bonchev–Trinajstić information content (AvgIpc) is 2.68. The van der Waals surface area contributed by atoms with E-state index >= 15 is 0 Å². The summed E-state index contributed by atoms with van der Waals surface area (Å²) < 4.78 is 2.64. The summed E-state index contributed by atoms with van der Waals surface area (Å²) in [6, 6.07) is 7.70. The van der Waals surface area contributed by atoms with Gasteiger partial charge < -0.3 is 0 Å².